The van der Waals surface area contributed by atoms with Gasteiger partial charge in [0.2, 0.25) is 5.91 Å². The van der Waals surface area contributed by atoms with Crippen LogP contribution in [0, 0.1) is 0 Å². The van der Waals surface area contributed by atoms with E-state index in [9.17, 15) is 9.59 Å². The highest BCUT2D eigenvalue weighted by molar-refractivity contribution is 6.05. The van der Waals surface area contributed by atoms with Gasteiger partial charge in [-0.3, -0.25) is 9.59 Å². The van der Waals surface area contributed by atoms with Crippen molar-refractivity contribution in [2.75, 3.05) is 17.2 Å². The minimum absolute atomic E-state index is 0.189. The van der Waals surface area contributed by atoms with Gasteiger partial charge in [-0.15, -0.1) is 0 Å². The summed E-state index contributed by atoms with van der Waals surface area (Å²) in [6, 6.07) is 21.2. The van der Waals surface area contributed by atoms with Crippen molar-refractivity contribution in [2.24, 2.45) is 0 Å². The van der Waals surface area contributed by atoms with Crippen molar-refractivity contribution < 1.29 is 19.1 Å². The number of benzene rings is 3. The third kappa shape index (κ3) is 5.84. The number of amides is 2. The van der Waals surface area contributed by atoms with Crippen LogP contribution in [0.5, 0.6) is 17.2 Å². The Balaban J connectivity index is 1.61. The molecule has 0 bridgehead atoms. The third-order valence-corrected chi connectivity index (χ3v) is 3.93. The van der Waals surface area contributed by atoms with Crippen LogP contribution in [0.1, 0.15) is 24.2 Å². The molecule has 0 heterocycles. The molecule has 29 heavy (non-hydrogen) atoms. The highest BCUT2D eigenvalue weighted by atomic mass is 16.5. The predicted octanol–water partition coefficient (Wildman–Crippen LogP) is 5.09. The fourth-order valence-electron chi connectivity index (χ4n) is 2.66. The fourth-order valence-corrected chi connectivity index (χ4v) is 2.66. The smallest absolute Gasteiger partial charge is 0.255 e. The van der Waals surface area contributed by atoms with Gasteiger partial charge in [0.1, 0.15) is 17.2 Å². The van der Waals surface area contributed by atoms with Crippen molar-refractivity contribution in [3.63, 3.8) is 0 Å². The molecule has 0 aliphatic heterocycles. The lowest BCUT2D eigenvalue weighted by Crippen LogP contribution is -2.13. The molecule has 2 N–H and O–H groups in total. The molecule has 0 saturated carbocycles. The first-order chi connectivity index (χ1) is 14.0. The average molecular weight is 390 g/mol. The highest BCUT2D eigenvalue weighted by Gasteiger charge is 2.08. The first-order valence-corrected chi connectivity index (χ1v) is 9.23. The maximum atomic E-state index is 12.4. The third-order valence-electron chi connectivity index (χ3n) is 3.93. The molecule has 0 saturated heterocycles. The standard InChI is InChI=1S/C23H22N2O4/c1-3-28-20-11-13-22(14-12-20)29-21-9-7-18(8-10-21)25-23(27)17-5-4-6-19(15-17)24-16(2)26/h4-15H,3H2,1-2H3,(H,24,26)(H,25,27). The zero-order valence-corrected chi connectivity index (χ0v) is 16.3. The molecule has 148 valence electrons. The zero-order chi connectivity index (χ0) is 20.6. The molecular formula is C23H22N2O4. The molecule has 6 heteroatoms. The van der Waals surface area contributed by atoms with Crippen LogP contribution in [0.4, 0.5) is 11.4 Å². The van der Waals surface area contributed by atoms with Crippen LogP contribution in [-0.2, 0) is 4.79 Å². The lowest BCUT2D eigenvalue weighted by Gasteiger charge is -2.10. The maximum Gasteiger partial charge on any atom is 0.255 e. The van der Waals surface area contributed by atoms with E-state index < -0.39 is 0 Å². The van der Waals surface area contributed by atoms with Gasteiger partial charge >= 0.3 is 0 Å². The molecule has 0 aliphatic rings. The number of anilines is 2. The number of ether oxygens (including phenoxy) is 2. The second-order valence-electron chi connectivity index (χ2n) is 6.25. The van der Waals surface area contributed by atoms with Crippen molar-refractivity contribution >= 4 is 23.2 Å². The highest BCUT2D eigenvalue weighted by Crippen LogP contribution is 2.25. The van der Waals surface area contributed by atoms with Crippen molar-refractivity contribution in [1.82, 2.24) is 0 Å². The zero-order valence-electron chi connectivity index (χ0n) is 16.3. The monoisotopic (exact) mass is 390 g/mol. The van der Waals surface area contributed by atoms with Gasteiger partial charge in [0, 0.05) is 23.9 Å². The number of carbonyl (C=O) groups is 2. The average Bonchev–Trinajstić information content (AvgIpc) is 2.71. The summed E-state index contributed by atoms with van der Waals surface area (Å²) in [6.07, 6.45) is 0. The first kappa shape index (κ1) is 19.9. The van der Waals surface area contributed by atoms with Gasteiger partial charge in [0.15, 0.2) is 0 Å². The molecule has 2 amide bonds. The number of nitrogens with one attached hydrogen (secondary N) is 2. The molecule has 0 aromatic heterocycles. The summed E-state index contributed by atoms with van der Waals surface area (Å²) in [6.45, 7) is 3.97. The summed E-state index contributed by atoms with van der Waals surface area (Å²) in [5.41, 5.74) is 1.66. The van der Waals surface area contributed by atoms with E-state index in [0.29, 0.717) is 35.0 Å². The van der Waals surface area contributed by atoms with Crippen LogP contribution < -0.4 is 20.1 Å². The summed E-state index contributed by atoms with van der Waals surface area (Å²) in [5, 5.41) is 5.49. The van der Waals surface area contributed by atoms with Crippen LogP contribution in [0.2, 0.25) is 0 Å². The lowest BCUT2D eigenvalue weighted by atomic mass is 10.2. The largest absolute Gasteiger partial charge is 0.494 e. The second kappa shape index (κ2) is 9.41. The Hall–Kier alpha value is -3.80. The van der Waals surface area contributed by atoms with Gasteiger partial charge in [0.25, 0.3) is 5.91 Å². The van der Waals surface area contributed by atoms with Crippen molar-refractivity contribution in [2.45, 2.75) is 13.8 Å². The summed E-state index contributed by atoms with van der Waals surface area (Å²) >= 11 is 0. The van der Waals surface area contributed by atoms with Crippen LogP contribution in [0.15, 0.2) is 72.8 Å². The van der Waals surface area contributed by atoms with Crippen LogP contribution in [0.25, 0.3) is 0 Å². The Morgan fingerprint density at radius 3 is 2.03 bits per heavy atom. The quantitative estimate of drug-likeness (QED) is 0.589. The van der Waals surface area contributed by atoms with Crippen molar-refractivity contribution in [3.05, 3.63) is 78.4 Å². The summed E-state index contributed by atoms with van der Waals surface area (Å²) in [5.74, 6) is 1.68. The van der Waals surface area contributed by atoms with E-state index in [-0.39, 0.29) is 11.8 Å². The minimum Gasteiger partial charge on any atom is -0.494 e. The molecule has 0 radical (unpaired) electrons. The summed E-state index contributed by atoms with van der Waals surface area (Å²) < 4.78 is 11.2. The van der Waals surface area contributed by atoms with Gasteiger partial charge < -0.3 is 20.1 Å². The molecule has 3 rings (SSSR count). The van der Waals surface area contributed by atoms with Gasteiger partial charge in [0.05, 0.1) is 6.61 Å². The van der Waals surface area contributed by atoms with Gasteiger partial charge in [-0.25, -0.2) is 0 Å². The van der Waals surface area contributed by atoms with Gasteiger partial charge in [-0.2, -0.15) is 0 Å². The SMILES string of the molecule is CCOc1ccc(Oc2ccc(NC(=O)c3cccc(NC(C)=O)c3)cc2)cc1. The topological polar surface area (TPSA) is 76.7 Å². The van der Waals surface area contributed by atoms with Gasteiger partial charge in [-0.05, 0) is 73.7 Å². The summed E-state index contributed by atoms with van der Waals surface area (Å²) in [7, 11) is 0. The molecular weight excluding hydrogens is 368 g/mol. The Morgan fingerprint density at radius 2 is 1.41 bits per heavy atom. The number of hydrogen-bond donors (Lipinski definition) is 2. The lowest BCUT2D eigenvalue weighted by molar-refractivity contribution is -0.114. The Labute approximate surface area is 169 Å². The number of hydrogen-bond acceptors (Lipinski definition) is 4. The van der Waals surface area contributed by atoms with Crippen molar-refractivity contribution in [1.29, 1.82) is 0 Å². The van der Waals surface area contributed by atoms with Crippen molar-refractivity contribution in [3.8, 4) is 17.2 Å². The molecule has 6 nitrogen and oxygen atoms in total. The van der Waals surface area contributed by atoms with E-state index in [1.807, 2.05) is 31.2 Å². The molecule has 0 fully saturated rings. The summed E-state index contributed by atoms with van der Waals surface area (Å²) in [4.78, 5) is 23.6. The van der Waals surface area contributed by atoms with E-state index >= 15 is 0 Å². The maximum absolute atomic E-state index is 12.4. The Morgan fingerprint density at radius 1 is 0.793 bits per heavy atom. The van der Waals surface area contributed by atoms with E-state index in [1.165, 1.54) is 6.92 Å². The second-order valence-corrected chi connectivity index (χ2v) is 6.25. The van der Waals surface area contributed by atoms with E-state index in [2.05, 4.69) is 10.6 Å². The molecule has 3 aromatic carbocycles. The molecule has 0 aliphatic carbocycles. The van der Waals surface area contributed by atoms with E-state index in [4.69, 9.17) is 9.47 Å². The van der Waals surface area contributed by atoms with Crippen LogP contribution in [-0.4, -0.2) is 18.4 Å². The fraction of sp³-hybridized carbons (Fsp3) is 0.130. The molecule has 0 unspecified atom stereocenters. The number of rotatable bonds is 7. The normalized spacial score (nSPS) is 10.1. The van der Waals surface area contributed by atoms with Crippen LogP contribution in [0.3, 0.4) is 0 Å². The number of carbonyl (C=O) groups excluding carboxylic acids is 2. The van der Waals surface area contributed by atoms with Crippen LogP contribution >= 0.6 is 0 Å². The van der Waals surface area contributed by atoms with Gasteiger partial charge in [-0.1, -0.05) is 6.07 Å². The minimum atomic E-state index is -0.266. The van der Waals surface area contributed by atoms with E-state index in [0.717, 1.165) is 5.75 Å². The van der Waals surface area contributed by atoms with E-state index in [1.54, 1.807) is 48.5 Å². The predicted molar refractivity (Wildman–Crippen MR) is 113 cm³/mol. The molecule has 0 spiro atoms. The molecule has 0 atom stereocenters. The molecule has 3 aromatic rings. The Kier molecular flexibility index (Phi) is 6.47. The first-order valence-electron chi connectivity index (χ1n) is 9.23. The Bertz CT molecular complexity index is 983.